The number of rotatable bonds is 7. The van der Waals surface area contributed by atoms with Gasteiger partial charge in [-0.25, -0.2) is 4.98 Å². The summed E-state index contributed by atoms with van der Waals surface area (Å²) in [6.45, 7) is 5.96. The molecular formula is C22H27N5O4. The number of morpholine rings is 1. The number of aromatic nitrogens is 1. The highest BCUT2D eigenvalue weighted by atomic mass is 16.6. The quantitative estimate of drug-likeness (QED) is 0.518. The highest BCUT2D eigenvalue weighted by Gasteiger charge is 2.26. The Kier molecular flexibility index (Phi) is 6.03. The lowest BCUT2D eigenvalue weighted by Crippen LogP contribution is -2.45. The van der Waals surface area contributed by atoms with Gasteiger partial charge in [0.25, 0.3) is 11.6 Å². The molecular weight excluding hydrogens is 398 g/mol. The van der Waals surface area contributed by atoms with Crippen molar-refractivity contribution in [3.05, 3.63) is 57.8 Å². The van der Waals surface area contributed by atoms with E-state index in [-0.39, 0.29) is 42.0 Å². The molecule has 2 fully saturated rings. The average molecular weight is 425 g/mol. The van der Waals surface area contributed by atoms with Crippen molar-refractivity contribution >= 4 is 23.1 Å². The van der Waals surface area contributed by atoms with Crippen LogP contribution in [0.2, 0.25) is 0 Å². The number of carbonyl (C=O) groups excluding carboxylic acids is 1. The summed E-state index contributed by atoms with van der Waals surface area (Å²) in [6.07, 6.45) is 4.07. The van der Waals surface area contributed by atoms with Crippen LogP contribution in [0.3, 0.4) is 0 Å². The number of pyridine rings is 1. The van der Waals surface area contributed by atoms with Gasteiger partial charge in [-0.3, -0.25) is 14.9 Å². The number of nitrogens with zero attached hydrogens (tertiary/aromatic N) is 3. The van der Waals surface area contributed by atoms with Gasteiger partial charge < -0.3 is 20.3 Å². The highest BCUT2D eigenvalue weighted by Crippen LogP contribution is 2.31. The predicted octanol–water partition coefficient (Wildman–Crippen LogP) is 3.11. The number of amides is 1. The minimum absolute atomic E-state index is 0.0838. The van der Waals surface area contributed by atoms with E-state index in [1.54, 1.807) is 18.3 Å². The summed E-state index contributed by atoms with van der Waals surface area (Å²) in [6, 6.07) is 8.69. The van der Waals surface area contributed by atoms with Gasteiger partial charge in [0.15, 0.2) is 0 Å². The summed E-state index contributed by atoms with van der Waals surface area (Å²) >= 11 is 0. The lowest BCUT2D eigenvalue weighted by Gasteiger charge is -2.36. The molecule has 0 spiro atoms. The van der Waals surface area contributed by atoms with E-state index in [9.17, 15) is 14.9 Å². The first kappa shape index (κ1) is 21.0. The van der Waals surface area contributed by atoms with E-state index < -0.39 is 4.92 Å². The molecule has 0 bridgehead atoms. The van der Waals surface area contributed by atoms with Crippen molar-refractivity contribution < 1.29 is 14.5 Å². The number of hydrogen-bond acceptors (Lipinski definition) is 7. The number of nitro groups is 1. The van der Waals surface area contributed by atoms with E-state index in [0.29, 0.717) is 5.69 Å². The van der Waals surface area contributed by atoms with Crippen LogP contribution in [0.1, 0.15) is 42.6 Å². The third kappa shape index (κ3) is 5.29. The molecule has 0 radical (unpaired) electrons. The zero-order chi connectivity index (χ0) is 22.0. The summed E-state index contributed by atoms with van der Waals surface area (Å²) in [7, 11) is 0. The summed E-state index contributed by atoms with van der Waals surface area (Å²) in [5.74, 6) is 0.521. The Morgan fingerprint density at radius 3 is 2.58 bits per heavy atom. The third-order valence-electron chi connectivity index (χ3n) is 5.40. The maximum Gasteiger partial charge on any atom is 0.293 e. The SMILES string of the molecule is CC1CN(c2ccc(CNC(=O)c3ccc(NC4CC4)c([N+](=O)[O-])c3)cn2)CC(C)O1. The van der Waals surface area contributed by atoms with Crippen LogP contribution in [0, 0.1) is 10.1 Å². The van der Waals surface area contributed by atoms with Gasteiger partial charge >= 0.3 is 0 Å². The van der Waals surface area contributed by atoms with E-state index in [1.807, 2.05) is 26.0 Å². The first-order valence-electron chi connectivity index (χ1n) is 10.6. The van der Waals surface area contributed by atoms with Crippen LogP contribution in [0.25, 0.3) is 0 Å². The molecule has 1 aromatic heterocycles. The topological polar surface area (TPSA) is 110 Å². The summed E-state index contributed by atoms with van der Waals surface area (Å²) in [4.78, 5) is 30.2. The van der Waals surface area contributed by atoms with Crippen molar-refractivity contribution in [3.63, 3.8) is 0 Å². The van der Waals surface area contributed by atoms with Crippen LogP contribution in [-0.2, 0) is 11.3 Å². The molecule has 1 aliphatic heterocycles. The Labute approximate surface area is 180 Å². The van der Waals surface area contributed by atoms with Crippen molar-refractivity contribution in [3.8, 4) is 0 Å². The van der Waals surface area contributed by atoms with Gasteiger partial charge in [0.05, 0.1) is 17.1 Å². The van der Waals surface area contributed by atoms with Crippen LogP contribution in [0.4, 0.5) is 17.2 Å². The van der Waals surface area contributed by atoms with Gasteiger partial charge in [0, 0.05) is 43.5 Å². The average Bonchev–Trinajstić information content (AvgIpc) is 3.56. The molecule has 2 aliphatic rings. The molecule has 1 saturated carbocycles. The number of nitrogens with one attached hydrogen (secondary N) is 2. The van der Waals surface area contributed by atoms with Crippen LogP contribution in [0.5, 0.6) is 0 Å². The minimum Gasteiger partial charge on any atom is -0.377 e. The number of carbonyl (C=O) groups is 1. The van der Waals surface area contributed by atoms with E-state index in [2.05, 4.69) is 20.5 Å². The van der Waals surface area contributed by atoms with Gasteiger partial charge in [-0.1, -0.05) is 6.07 Å². The number of ether oxygens (including phenoxy) is 1. The molecule has 2 unspecified atom stereocenters. The Morgan fingerprint density at radius 1 is 1.23 bits per heavy atom. The molecule has 4 rings (SSSR count). The van der Waals surface area contributed by atoms with E-state index >= 15 is 0 Å². The highest BCUT2D eigenvalue weighted by molar-refractivity contribution is 5.95. The number of hydrogen-bond donors (Lipinski definition) is 2. The smallest absolute Gasteiger partial charge is 0.293 e. The van der Waals surface area contributed by atoms with Crippen LogP contribution < -0.4 is 15.5 Å². The summed E-state index contributed by atoms with van der Waals surface area (Å²) in [5.41, 5.74) is 1.48. The second-order valence-corrected chi connectivity index (χ2v) is 8.28. The van der Waals surface area contributed by atoms with Crippen molar-refractivity contribution in [2.24, 2.45) is 0 Å². The first-order chi connectivity index (χ1) is 14.9. The van der Waals surface area contributed by atoms with E-state index in [4.69, 9.17) is 4.74 Å². The second-order valence-electron chi connectivity index (χ2n) is 8.28. The monoisotopic (exact) mass is 425 g/mol. The van der Waals surface area contributed by atoms with E-state index in [1.165, 1.54) is 6.07 Å². The fourth-order valence-electron chi connectivity index (χ4n) is 3.75. The molecule has 2 atom stereocenters. The summed E-state index contributed by atoms with van der Waals surface area (Å²) in [5, 5.41) is 17.3. The van der Waals surface area contributed by atoms with Gasteiger partial charge in [-0.05, 0) is 50.5 Å². The maximum atomic E-state index is 12.5. The van der Waals surface area contributed by atoms with Crippen molar-refractivity contribution in [1.29, 1.82) is 0 Å². The Morgan fingerprint density at radius 2 is 1.97 bits per heavy atom. The molecule has 164 valence electrons. The summed E-state index contributed by atoms with van der Waals surface area (Å²) < 4.78 is 5.76. The molecule has 2 N–H and O–H groups in total. The number of nitro benzene ring substituents is 1. The van der Waals surface area contributed by atoms with Crippen LogP contribution in [0.15, 0.2) is 36.5 Å². The number of anilines is 2. The third-order valence-corrected chi connectivity index (χ3v) is 5.40. The lowest BCUT2D eigenvalue weighted by atomic mass is 10.1. The van der Waals surface area contributed by atoms with Gasteiger partial charge in [0.1, 0.15) is 11.5 Å². The lowest BCUT2D eigenvalue weighted by molar-refractivity contribution is -0.384. The molecule has 1 amide bonds. The zero-order valence-corrected chi connectivity index (χ0v) is 17.7. The Balaban J connectivity index is 1.37. The molecule has 31 heavy (non-hydrogen) atoms. The van der Waals surface area contributed by atoms with Gasteiger partial charge in [-0.2, -0.15) is 0 Å². The van der Waals surface area contributed by atoms with Crippen molar-refractivity contribution in [1.82, 2.24) is 10.3 Å². The normalized spacial score (nSPS) is 20.9. The standard InChI is InChI=1S/C22H27N5O4/c1-14-12-26(13-15(2)31-14)21-8-3-16(10-23-21)11-24-22(28)17-4-7-19(25-18-5-6-18)20(9-17)27(29)30/h3-4,7-10,14-15,18,25H,5-6,11-13H2,1-2H3,(H,24,28). The molecule has 2 heterocycles. The largest absolute Gasteiger partial charge is 0.377 e. The molecule has 1 saturated heterocycles. The van der Waals surface area contributed by atoms with E-state index in [0.717, 1.165) is 37.3 Å². The molecule has 9 heteroatoms. The van der Waals surface area contributed by atoms with Crippen LogP contribution >= 0.6 is 0 Å². The van der Waals surface area contributed by atoms with Crippen LogP contribution in [-0.4, -0.2) is 47.2 Å². The van der Waals surface area contributed by atoms with Crippen molar-refractivity contribution in [2.45, 2.75) is 51.5 Å². The molecule has 9 nitrogen and oxygen atoms in total. The zero-order valence-electron chi connectivity index (χ0n) is 17.7. The molecule has 1 aromatic carbocycles. The predicted molar refractivity (Wildman–Crippen MR) is 117 cm³/mol. The second kappa shape index (κ2) is 8.89. The molecule has 1 aliphatic carbocycles. The molecule has 2 aromatic rings. The first-order valence-corrected chi connectivity index (χ1v) is 10.6. The Bertz CT molecular complexity index is 951. The fraction of sp³-hybridized carbons (Fsp3) is 0.455. The van der Waals surface area contributed by atoms with Crippen molar-refractivity contribution in [2.75, 3.05) is 23.3 Å². The fourth-order valence-corrected chi connectivity index (χ4v) is 3.75. The number of benzene rings is 1. The minimum atomic E-state index is -0.461. The maximum absolute atomic E-state index is 12.5. The van der Waals surface area contributed by atoms with Gasteiger partial charge in [-0.15, -0.1) is 0 Å². The Hall–Kier alpha value is -3.20. The van der Waals surface area contributed by atoms with Gasteiger partial charge in [0.2, 0.25) is 0 Å².